The Morgan fingerprint density at radius 2 is 1.93 bits per heavy atom. The molecule has 0 atom stereocenters. The smallest absolute Gasteiger partial charge is 0.573 e. The number of pyridine rings is 1. The molecule has 29 heavy (non-hydrogen) atoms. The third-order valence-corrected chi connectivity index (χ3v) is 4.21. The molecule has 0 aliphatic heterocycles. The van der Waals surface area contributed by atoms with E-state index in [9.17, 15) is 13.2 Å². The first-order chi connectivity index (χ1) is 13.7. The van der Waals surface area contributed by atoms with Crippen LogP contribution in [0.3, 0.4) is 0 Å². The van der Waals surface area contributed by atoms with Crippen LogP contribution in [0.15, 0.2) is 47.6 Å². The van der Waals surface area contributed by atoms with E-state index in [1.54, 1.807) is 22.7 Å². The van der Waals surface area contributed by atoms with Crippen LogP contribution in [0, 0.1) is 5.41 Å². The Balaban J connectivity index is 1.81. The second kappa shape index (κ2) is 8.12. The van der Waals surface area contributed by atoms with Gasteiger partial charge in [0.15, 0.2) is 5.69 Å². The van der Waals surface area contributed by atoms with E-state index in [2.05, 4.69) is 14.7 Å². The largest absolute Gasteiger partial charge is 0.577 e. The lowest BCUT2D eigenvalue weighted by Gasteiger charge is -2.09. The first kappa shape index (κ1) is 20.7. The highest BCUT2D eigenvalue weighted by Crippen LogP contribution is 2.23. The molecule has 0 unspecified atom stereocenters. The number of hydrogen-bond acceptors (Lipinski definition) is 3. The summed E-state index contributed by atoms with van der Waals surface area (Å²) in [5.74, 6) is -0.593. The molecule has 3 N–H and O–H groups in total. The number of imidazole rings is 1. The molecule has 0 radical (unpaired) electrons. The van der Waals surface area contributed by atoms with E-state index in [-0.39, 0.29) is 23.9 Å². The van der Waals surface area contributed by atoms with Crippen LogP contribution >= 0.6 is 11.6 Å². The summed E-state index contributed by atoms with van der Waals surface area (Å²) in [6.07, 6.45) is -2.51. The monoisotopic (exact) mass is 425 g/mol. The molecule has 2 aromatic heterocycles. The highest BCUT2D eigenvalue weighted by molar-refractivity contribution is 6.30. The number of aromatic nitrogens is 2. The van der Waals surface area contributed by atoms with Crippen LogP contribution in [0.4, 0.5) is 13.2 Å². The first-order valence-electron chi connectivity index (χ1n) is 8.55. The van der Waals surface area contributed by atoms with Crippen LogP contribution in [0.1, 0.15) is 23.9 Å². The van der Waals surface area contributed by atoms with Crippen molar-refractivity contribution in [1.29, 1.82) is 5.41 Å². The van der Waals surface area contributed by atoms with E-state index >= 15 is 0 Å². The van der Waals surface area contributed by atoms with E-state index in [4.69, 9.17) is 22.1 Å². The molecular weight excluding hydrogens is 409 g/mol. The van der Waals surface area contributed by atoms with Gasteiger partial charge in [-0.25, -0.2) is 4.98 Å². The van der Waals surface area contributed by atoms with Crippen LogP contribution in [-0.2, 0) is 12.8 Å². The van der Waals surface area contributed by atoms with E-state index in [1.807, 2.05) is 6.92 Å². The molecule has 0 fully saturated rings. The molecule has 3 rings (SSSR count). The topological polar surface area (TPSA) is 85.6 Å². The molecule has 0 spiro atoms. The number of nitrogens with zero attached hydrogens (tertiary/aromatic N) is 3. The van der Waals surface area contributed by atoms with Crippen molar-refractivity contribution in [1.82, 2.24) is 9.38 Å². The van der Waals surface area contributed by atoms with Crippen molar-refractivity contribution >= 4 is 29.0 Å². The van der Waals surface area contributed by atoms with Gasteiger partial charge < -0.3 is 9.84 Å². The fourth-order valence-electron chi connectivity index (χ4n) is 2.79. The Morgan fingerprint density at radius 1 is 1.24 bits per heavy atom. The average Bonchev–Trinajstić information content (AvgIpc) is 2.99. The summed E-state index contributed by atoms with van der Waals surface area (Å²) in [6, 6.07) is 8.60. The van der Waals surface area contributed by atoms with Gasteiger partial charge in [-0.1, -0.05) is 30.7 Å². The Hall–Kier alpha value is -3.07. The van der Waals surface area contributed by atoms with Gasteiger partial charge in [-0.3, -0.25) is 9.81 Å². The number of benzene rings is 1. The molecule has 6 nitrogen and oxygen atoms in total. The van der Waals surface area contributed by atoms with Crippen LogP contribution in [0.25, 0.3) is 5.65 Å². The van der Waals surface area contributed by atoms with E-state index in [0.717, 1.165) is 0 Å². The van der Waals surface area contributed by atoms with Crippen molar-refractivity contribution in [2.24, 2.45) is 4.99 Å². The zero-order valence-corrected chi connectivity index (χ0v) is 16.0. The number of amidine groups is 1. The fourth-order valence-corrected chi connectivity index (χ4v) is 2.96. The second-order valence-corrected chi connectivity index (χ2v) is 6.55. The maximum Gasteiger partial charge on any atom is 0.573 e. The number of hydrogen-bond donors (Lipinski definition) is 1. The predicted molar refractivity (Wildman–Crippen MR) is 104 cm³/mol. The number of fused-ring (bicyclic) bond motifs is 1. The number of aryl methyl sites for hydroxylation is 1. The molecule has 10 heteroatoms. The van der Waals surface area contributed by atoms with Crippen molar-refractivity contribution in [3.63, 3.8) is 0 Å². The van der Waals surface area contributed by atoms with Crippen LogP contribution < -0.4 is 4.74 Å². The minimum absolute atomic E-state index is 0.0492. The van der Waals surface area contributed by atoms with Crippen molar-refractivity contribution in [2.75, 3.05) is 0 Å². The van der Waals surface area contributed by atoms with E-state index < -0.39 is 6.36 Å². The van der Waals surface area contributed by atoms with Gasteiger partial charge >= 0.3 is 12.3 Å². The zero-order chi connectivity index (χ0) is 21.2. The van der Waals surface area contributed by atoms with Crippen molar-refractivity contribution in [3.05, 3.63) is 64.6 Å². The third-order valence-electron chi connectivity index (χ3n) is 3.99. The lowest BCUT2D eigenvalue weighted by molar-refractivity contribution is -0.274. The molecule has 2 heterocycles. The number of rotatable bonds is 5. The molecular formula is C19H17ClF3N4O2+. The van der Waals surface area contributed by atoms with Gasteiger partial charge in [0.2, 0.25) is 0 Å². The quantitative estimate of drug-likeness (QED) is 0.378. The van der Waals surface area contributed by atoms with Gasteiger partial charge in [0.1, 0.15) is 17.2 Å². The van der Waals surface area contributed by atoms with Crippen molar-refractivity contribution in [2.45, 2.75) is 26.1 Å². The maximum absolute atomic E-state index is 12.2. The SMILES string of the molecule is CCc1nc2ccc(Cl)cn2c1C([OH2+])=NC(=N)Cc1ccc(OC(F)(F)F)cc1. The Kier molecular flexibility index (Phi) is 5.78. The molecule has 0 amide bonds. The Labute approximate surface area is 168 Å². The lowest BCUT2D eigenvalue weighted by atomic mass is 10.1. The molecule has 0 aliphatic carbocycles. The van der Waals surface area contributed by atoms with Crippen molar-refractivity contribution in [3.8, 4) is 5.75 Å². The van der Waals surface area contributed by atoms with Gasteiger partial charge in [-0.2, -0.15) is 0 Å². The number of ether oxygens (including phenoxy) is 1. The van der Waals surface area contributed by atoms with Gasteiger partial charge in [0, 0.05) is 12.6 Å². The van der Waals surface area contributed by atoms with Crippen LogP contribution in [0.2, 0.25) is 5.02 Å². The molecule has 0 saturated carbocycles. The highest BCUT2D eigenvalue weighted by atomic mass is 35.5. The molecule has 1 aromatic carbocycles. The summed E-state index contributed by atoms with van der Waals surface area (Å²) in [5.41, 5.74) is 2.29. The fraction of sp³-hybridized carbons (Fsp3) is 0.211. The molecule has 152 valence electrons. The summed E-state index contributed by atoms with van der Waals surface area (Å²) in [5, 5.41) is 16.9. The summed E-state index contributed by atoms with van der Waals surface area (Å²) >= 11 is 6.04. The standard InChI is InChI=1S/C19H16ClF3N4O2/c1-2-14-17(27-10-12(20)5-8-16(27)25-14)18(28)26-15(24)9-11-3-6-13(7-4-11)29-19(21,22)23/h3-8,10H,2,9H2,1H3,(H2,24,26,28)/p+1. The predicted octanol–water partition coefficient (Wildman–Crippen LogP) is 4.14. The Morgan fingerprint density at radius 3 is 2.55 bits per heavy atom. The maximum atomic E-state index is 12.2. The van der Waals surface area contributed by atoms with E-state index in [1.165, 1.54) is 24.3 Å². The summed E-state index contributed by atoms with van der Waals surface area (Å²) in [6.45, 7) is 1.90. The molecule has 0 aliphatic rings. The van der Waals surface area contributed by atoms with Crippen LogP contribution in [0.5, 0.6) is 5.75 Å². The lowest BCUT2D eigenvalue weighted by Crippen LogP contribution is -2.17. The summed E-state index contributed by atoms with van der Waals surface area (Å²) in [7, 11) is 0. The van der Waals surface area contributed by atoms with Gasteiger partial charge in [0.25, 0.3) is 0 Å². The Bertz CT molecular complexity index is 1080. The van der Waals surface area contributed by atoms with Gasteiger partial charge in [0.05, 0.1) is 10.7 Å². The zero-order valence-electron chi connectivity index (χ0n) is 15.2. The summed E-state index contributed by atoms with van der Waals surface area (Å²) < 4.78 is 42.1. The number of halogens is 4. The summed E-state index contributed by atoms with van der Waals surface area (Å²) in [4.78, 5) is 8.49. The number of alkyl halides is 3. The van der Waals surface area contributed by atoms with Crippen molar-refractivity contribution < 1.29 is 23.0 Å². The normalized spacial score (nSPS) is 12.4. The number of aliphatic imine (C=N–C) groups is 1. The molecule has 3 aromatic rings. The van der Waals surface area contributed by atoms with E-state index in [0.29, 0.717) is 34.0 Å². The molecule has 0 saturated heterocycles. The average molecular weight is 426 g/mol. The minimum Gasteiger partial charge on any atom is -0.577 e. The molecule has 0 bridgehead atoms. The van der Waals surface area contributed by atoms with Gasteiger partial charge in [-0.15, -0.1) is 18.2 Å². The minimum atomic E-state index is -4.76. The van der Waals surface area contributed by atoms with Crippen LogP contribution in [-0.4, -0.2) is 32.6 Å². The van der Waals surface area contributed by atoms with Gasteiger partial charge in [-0.05, 0) is 36.2 Å². The second-order valence-electron chi connectivity index (χ2n) is 6.11. The highest BCUT2D eigenvalue weighted by Gasteiger charge is 2.31. The number of nitrogens with one attached hydrogen (secondary N) is 1. The first-order valence-corrected chi connectivity index (χ1v) is 8.93. The third kappa shape index (κ3) is 5.05.